The monoisotopic (exact) mass is 479 g/mol. The van der Waals surface area contributed by atoms with E-state index < -0.39 is 0 Å². The fourth-order valence-electron chi connectivity index (χ4n) is 4.23. The zero-order valence-electron chi connectivity index (χ0n) is 19.0. The van der Waals surface area contributed by atoms with Crippen molar-refractivity contribution in [2.24, 2.45) is 0 Å². The molecule has 0 bridgehead atoms. The molecule has 1 N–H and O–H groups in total. The highest BCUT2D eigenvalue weighted by molar-refractivity contribution is 6.28. The summed E-state index contributed by atoms with van der Waals surface area (Å²) in [5.41, 5.74) is 1.16. The molecule has 34 heavy (non-hydrogen) atoms. The van der Waals surface area contributed by atoms with Crippen LogP contribution in [0.3, 0.4) is 0 Å². The number of benzene rings is 1. The van der Waals surface area contributed by atoms with Crippen LogP contribution in [-0.4, -0.2) is 55.7 Å². The van der Waals surface area contributed by atoms with Crippen LogP contribution >= 0.6 is 11.6 Å². The molecule has 0 saturated heterocycles. The van der Waals surface area contributed by atoms with Crippen molar-refractivity contribution in [1.29, 1.82) is 0 Å². The Bertz CT molecular complexity index is 1300. The predicted molar refractivity (Wildman–Crippen MR) is 130 cm³/mol. The number of fused-ring (bicyclic) bond motifs is 2. The molecule has 5 rings (SSSR count). The lowest BCUT2D eigenvalue weighted by Crippen LogP contribution is -2.47. The number of nitrogens with one attached hydrogen (secondary N) is 1. The van der Waals surface area contributed by atoms with Crippen LogP contribution in [0.15, 0.2) is 41.1 Å². The fourth-order valence-corrected chi connectivity index (χ4v) is 4.41. The lowest BCUT2D eigenvalue weighted by Gasteiger charge is -2.35. The summed E-state index contributed by atoms with van der Waals surface area (Å²) in [4.78, 5) is 33.1. The number of rotatable bonds is 9. The number of aromatic amines is 1. The van der Waals surface area contributed by atoms with Crippen LogP contribution in [0.1, 0.15) is 48.9 Å². The van der Waals surface area contributed by atoms with Gasteiger partial charge in [-0.3, -0.25) is 9.78 Å². The molecule has 9 nitrogen and oxygen atoms in total. The maximum Gasteiger partial charge on any atom is 0.277 e. The van der Waals surface area contributed by atoms with Crippen molar-refractivity contribution in [3.63, 3.8) is 0 Å². The van der Waals surface area contributed by atoms with Crippen molar-refractivity contribution in [3.8, 4) is 11.6 Å². The summed E-state index contributed by atoms with van der Waals surface area (Å²) in [6.45, 7) is 4.13. The van der Waals surface area contributed by atoms with Gasteiger partial charge in [-0.1, -0.05) is 42.8 Å². The molecule has 10 heteroatoms. The number of carbonyl (C=O) groups excluding carboxylic acids is 1. The first-order valence-electron chi connectivity index (χ1n) is 11.6. The van der Waals surface area contributed by atoms with Crippen LogP contribution < -0.4 is 4.90 Å². The number of unbranched alkanes of at least 4 members (excludes halogenated alkanes) is 2. The molecule has 1 aliphatic heterocycles. The average molecular weight is 480 g/mol. The summed E-state index contributed by atoms with van der Waals surface area (Å²) in [7, 11) is 0. The SMILES string of the molecule is CCCCN1CN(CCCCc2noc(-c3nccc4ccccc34)n2)C(=O)c2[nH]c(Cl)nc21. The van der Waals surface area contributed by atoms with E-state index in [0.29, 0.717) is 48.6 Å². The summed E-state index contributed by atoms with van der Waals surface area (Å²) in [6.07, 6.45) is 6.16. The van der Waals surface area contributed by atoms with E-state index in [2.05, 4.69) is 36.9 Å². The molecule has 0 atom stereocenters. The van der Waals surface area contributed by atoms with Crippen molar-refractivity contribution in [3.05, 3.63) is 53.3 Å². The molecule has 4 heterocycles. The lowest BCUT2D eigenvalue weighted by atomic mass is 10.1. The molecular weight excluding hydrogens is 454 g/mol. The number of aromatic nitrogens is 5. The summed E-state index contributed by atoms with van der Waals surface area (Å²) < 4.78 is 5.50. The van der Waals surface area contributed by atoms with E-state index in [4.69, 9.17) is 16.1 Å². The van der Waals surface area contributed by atoms with E-state index in [1.807, 2.05) is 35.2 Å². The number of imidazole rings is 1. The summed E-state index contributed by atoms with van der Waals surface area (Å²) in [5, 5.41) is 6.44. The molecule has 176 valence electrons. The van der Waals surface area contributed by atoms with Crippen LogP contribution in [0.5, 0.6) is 0 Å². The molecule has 0 unspecified atom stereocenters. The Morgan fingerprint density at radius 1 is 1.09 bits per heavy atom. The number of halogens is 1. The van der Waals surface area contributed by atoms with Gasteiger partial charge in [-0.2, -0.15) is 9.97 Å². The Morgan fingerprint density at radius 3 is 2.82 bits per heavy atom. The number of amides is 1. The molecule has 1 aliphatic rings. The van der Waals surface area contributed by atoms with Gasteiger partial charge in [0, 0.05) is 31.1 Å². The second-order valence-corrected chi connectivity index (χ2v) is 8.76. The topological polar surface area (TPSA) is 104 Å². The van der Waals surface area contributed by atoms with Gasteiger partial charge < -0.3 is 19.3 Å². The average Bonchev–Trinajstić information content (AvgIpc) is 3.49. The van der Waals surface area contributed by atoms with Crippen LogP contribution in [0.25, 0.3) is 22.4 Å². The summed E-state index contributed by atoms with van der Waals surface area (Å²) in [6, 6.07) is 9.95. The number of hydrogen-bond acceptors (Lipinski definition) is 7. The molecule has 1 aromatic carbocycles. The maximum atomic E-state index is 12.9. The predicted octanol–water partition coefficient (Wildman–Crippen LogP) is 4.70. The van der Waals surface area contributed by atoms with Gasteiger partial charge in [-0.05, 0) is 42.3 Å². The van der Waals surface area contributed by atoms with E-state index >= 15 is 0 Å². The van der Waals surface area contributed by atoms with Crippen LogP contribution in [0.2, 0.25) is 5.28 Å². The third kappa shape index (κ3) is 4.48. The van der Waals surface area contributed by atoms with Crippen LogP contribution in [-0.2, 0) is 6.42 Å². The van der Waals surface area contributed by atoms with Gasteiger partial charge in [0.25, 0.3) is 11.8 Å². The first-order chi connectivity index (χ1) is 16.6. The highest BCUT2D eigenvalue weighted by atomic mass is 35.5. The van der Waals surface area contributed by atoms with Gasteiger partial charge in [-0.25, -0.2) is 0 Å². The molecule has 3 aromatic heterocycles. The van der Waals surface area contributed by atoms with Crippen molar-refractivity contribution < 1.29 is 9.32 Å². The molecule has 0 radical (unpaired) electrons. The van der Waals surface area contributed by atoms with Crippen LogP contribution in [0.4, 0.5) is 5.82 Å². The smallest absolute Gasteiger partial charge is 0.277 e. The van der Waals surface area contributed by atoms with Gasteiger partial charge in [0.15, 0.2) is 11.6 Å². The zero-order valence-corrected chi connectivity index (χ0v) is 19.8. The van der Waals surface area contributed by atoms with Crippen LogP contribution in [0, 0.1) is 0 Å². The highest BCUT2D eigenvalue weighted by Crippen LogP contribution is 2.28. The molecule has 0 spiro atoms. The number of H-pyrrole nitrogens is 1. The Kier molecular flexibility index (Phi) is 6.44. The fraction of sp³-hybridized carbons (Fsp3) is 0.375. The molecule has 0 aliphatic carbocycles. The minimum Gasteiger partial charge on any atom is -0.337 e. The summed E-state index contributed by atoms with van der Waals surface area (Å²) >= 11 is 6.04. The summed E-state index contributed by atoms with van der Waals surface area (Å²) in [5.74, 6) is 1.65. The van der Waals surface area contributed by atoms with E-state index in [1.54, 1.807) is 6.20 Å². The molecular formula is C24H26ClN7O2. The molecule has 0 fully saturated rings. The van der Waals surface area contributed by atoms with Crippen molar-refractivity contribution in [2.45, 2.75) is 39.0 Å². The van der Waals surface area contributed by atoms with Gasteiger partial charge in [0.2, 0.25) is 5.28 Å². The Labute approximate surface area is 202 Å². The number of anilines is 1. The standard InChI is InChI=1S/C24H26ClN7O2/c1-2-3-13-31-15-32(23(33)20-21(31)29-24(25)28-20)14-7-6-10-18-27-22(34-30-18)19-17-9-5-4-8-16(17)11-12-26-19/h4-5,8-9,11-12H,2-3,6-7,10,13-15H2,1H3,(H,28,29). The first-order valence-corrected chi connectivity index (χ1v) is 12.0. The highest BCUT2D eigenvalue weighted by Gasteiger charge is 2.32. The normalized spacial score (nSPS) is 13.6. The quantitative estimate of drug-likeness (QED) is 0.347. The third-order valence-corrected chi connectivity index (χ3v) is 6.18. The van der Waals surface area contributed by atoms with Crippen molar-refractivity contribution in [1.82, 2.24) is 30.0 Å². The second kappa shape index (κ2) is 9.80. The van der Waals surface area contributed by atoms with E-state index in [1.165, 1.54) is 0 Å². The zero-order chi connectivity index (χ0) is 23.5. The molecule has 1 amide bonds. The Hall–Kier alpha value is -3.46. The number of hydrogen-bond donors (Lipinski definition) is 1. The minimum atomic E-state index is -0.0639. The van der Waals surface area contributed by atoms with Gasteiger partial charge in [-0.15, -0.1) is 0 Å². The van der Waals surface area contributed by atoms with Gasteiger partial charge in [0.1, 0.15) is 11.4 Å². The minimum absolute atomic E-state index is 0.0639. The largest absolute Gasteiger partial charge is 0.337 e. The second-order valence-electron chi connectivity index (χ2n) is 8.41. The number of nitrogens with zero attached hydrogens (tertiary/aromatic N) is 6. The number of carbonyl (C=O) groups is 1. The van der Waals surface area contributed by atoms with Gasteiger partial charge >= 0.3 is 0 Å². The van der Waals surface area contributed by atoms with E-state index in [-0.39, 0.29) is 11.2 Å². The van der Waals surface area contributed by atoms with E-state index in [0.717, 1.165) is 43.0 Å². The van der Waals surface area contributed by atoms with Gasteiger partial charge in [0.05, 0.1) is 6.67 Å². The number of pyridine rings is 1. The number of aryl methyl sites for hydroxylation is 1. The lowest BCUT2D eigenvalue weighted by molar-refractivity contribution is 0.0732. The maximum absolute atomic E-state index is 12.9. The third-order valence-electron chi connectivity index (χ3n) is 6.00. The van der Waals surface area contributed by atoms with E-state index in [9.17, 15) is 4.79 Å². The Balaban J connectivity index is 1.19. The Morgan fingerprint density at radius 2 is 1.94 bits per heavy atom. The molecule has 4 aromatic rings. The first kappa shape index (κ1) is 22.3. The van der Waals surface area contributed by atoms with Crippen molar-refractivity contribution >= 4 is 34.1 Å². The van der Waals surface area contributed by atoms with Crippen molar-refractivity contribution in [2.75, 3.05) is 24.7 Å². The molecule has 0 saturated carbocycles.